The summed E-state index contributed by atoms with van der Waals surface area (Å²) in [4.78, 5) is 11.0. The molecule has 134 valence electrons. The molecule has 2 saturated heterocycles. The van der Waals surface area contributed by atoms with E-state index in [-0.39, 0.29) is 6.10 Å². The van der Waals surface area contributed by atoms with Crippen LogP contribution in [0.3, 0.4) is 0 Å². The molecule has 8 heteroatoms. The molecule has 2 aliphatic heterocycles. The first-order chi connectivity index (χ1) is 12.3. The number of likely N-dealkylation sites (tertiary alicyclic amines) is 1. The van der Waals surface area contributed by atoms with Crippen molar-refractivity contribution in [2.24, 2.45) is 0 Å². The highest BCUT2D eigenvalue weighted by Gasteiger charge is 2.21. The van der Waals surface area contributed by atoms with E-state index >= 15 is 0 Å². The van der Waals surface area contributed by atoms with Crippen LogP contribution in [0.15, 0.2) is 18.5 Å². The van der Waals surface area contributed by atoms with Crippen LogP contribution in [0.1, 0.15) is 30.9 Å². The van der Waals surface area contributed by atoms with Crippen LogP contribution in [-0.4, -0.2) is 64.5 Å². The fourth-order valence-electron chi connectivity index (χ4n) is 3.26. The van der Waals surface area contributed by atoms with Crippen molar-refractivity contribution in [1.29, 1.82) is 0 Å². The molecule has 0 bridgehead atoms. The highest BCUT2D eigenvalue weighted by Crippen LogP contribution is 2.26. The summed E-state index contributed by atoms with van der Waals surface area (Å²) in [6.07, 6.45) is 6.61. The third-order valence-electron chi connectivity index (χ3n) is 4.79. The SMILES string of the molecule is CN1CCC(Oc2cncc(Nc3cc([C@@H]4CCOC4)[nH]n3)n2)CC1. The van der Waals surface area contributed by atoms with Crippen molar-refractivity contribution in [3.63, 3.8) is 0 Å². The number of hydrogen-bond donors (Lipinski definition) is 2. The number of aromatic nitrogens is 4. The summed E-state index contributed by atoms with van der Waals surface area (Å²) in [7, 11) is 2.14. The molecule has 2 aromatic rings. The molecule has 2 fully saturated rings. The molecular weight excluding hydrogens is 320 g/mol. The summed E-state index contributed by atoms with van der Waals surface area (Å²) >= 11 is 0. The predicted molar refractivity (Wildman–Crippen MR) is 93.2 cm³/mol. The van der Waals surface area contributed by atoms with E-state index in [0.717, 1.165) is 57.1 Å². The molecule has 0 saturated carbocycles. The van der Waals surface area contributed by atoms with Gasteiger partial charge in [0, 0.05) is 37.4 Å². The van der Waals surface area contributed by atoms with Gasteiger partial charge in [-0.2, -0.15) is 10.1 Å². The Kier molecular flexibility index (Phi) is 4.80. The Bertz CT molecular complexity index is 692. The molecule has 25 heavy (non-hydrogen) atoms. The van der Waals surface area contributed by atoms with Crippen molar-refractivity contribution >= 4 is 11.6 Å². The number of H-pyrrole nitrogens is 1. The first-order valence-electron chi connectivity index (χ1n) is 8.83. The van der Waals surface area contributed by atoms with Crippen LogP contribution in [0.2, 0.25) is 0 Å². The van der Waals surface area contributed by atoms with Gasteiger partial charge in [-0.15, -0.1) is 0 Å². The maximum absolute atomic E-state index is 5.98. The van der Waals surface area contributed by atoms with E-state index in [1.807, 2.05) is 6.07 Å². The Morgan fingerprint density at radius 2 is 2.12 bits per heavy atom. The van der Waals surface area contributed by atoms with Gasteiger partial charge in [0.1, 0.15) is 6.10 Å². The van der Waals surface area contributed by atoms with Crippen molar-refractivity contribution in [3.8, 4) is 5.88 Å². The Morgan fingerprint density at radius 3 is 2.92 bits per heavy atom. The van der Waals surface area contributed by atoms with Crippen LogP contribution in [-0.2, 0) is 4.74 Å². The van der Waals surface area contributed by atoms with Crippen molar-refractivity contribution < 1.29 is 9.47 Å². The fraction of sp³-hybridized carbons (Fsp3) is 0.588. The van der Waals surface area contributed by atoms with Crippen molar-refractivity contribution in [2.45, 2.75) is 31.3 Å². The number of rotatable bonds is 5. The van der Waals surface area contributed by atoms with Gasteiger partial charge in [0.05, 0.1) is 19.0 Å². The molecule has 1 atom stereocenters. The first-order valence-corrected chi connectivity index (χ1v) is 8.83. The van der Waals surface area contributed by atoms with E-state index in [1.54, 1.807) is 12.4 Å². The Morgan fingerprint density at radius 1 is 1.24 bits per heavy atom. The smallest absolute Gasteiger partial charge is 0.234 e. The second-order valence-electron chi connectivity index (χ2n) is 6.76. The maximum atomic E-state index is 5.98. The molecule has 0 aliphatic carbocycles. The number of piperidine rings is 1. The standard InChI is InChI=1S/C17H24N6O2/c1-23-5-2-13(3-6-23)25-17-10-18-9-16(20-17)19-15-8-14(21-22-15)12-4-7-24-11-12/h8-10,12-13H,2-7,11H2,1H3,(H2,19,20,21,22)/t12-/m1/s1. The van der Waals surface area contributed by atoms with Crippen LogP contribution in [0.5, 0.6) is 5.88 Å². The summed E-state index contributed by atoms with van der Waals surface area (Å²) in [5, 5.41) is 10.6. The molecule has 4 heterocycles. The van der Waals surface area contributed by atoms with E-state index in [9.17, 15) is 0 Å². The molecule has 0 unspecified atom stereocenters. The van der Waals surface area contributed by atoms with Gasteiger partial charge in [0.2, 0.25) is 5.88 Å². The number of nitrogens with zero attached hydrogens (tertiary/aromatic N) is 4. The van der Waals surface area contributed by atoms with E-state index < -0.39 is 0 Å². The molecule has 0 aromatic carbocycles. The first kappa shape index (κ1) is 16.3. The molecule has 2 aromatic heterocycles. The lowest BCUT2D eigenvalue weighted by molar-refractivity contribution is 0.110. The van der Waals surface area contributed by atoms with Gasteiger partial charge in [0.25, 0.3) is 0 Å². The van der Waals surface area contributed by atoms with E-state index in [2.05, 4.69) is 37.4 Å². The third kappa shape index (κ3) is 4.08. The lowest BCUT2D eigenvalue weighted by Gasteiger charge is -2.28. The molecule has 0 spiro atoms. The van der Waals surface area contributed by atoms with Crippen LogP contribution in [0.25, 0.3) is 0 Å². The average molecular weight is 344 g/mol. The summed E-state index contributed by atoms with van der Waals surface area (Å²) in [6, 6.07) is 2.01. The number of nitrogens with one attached hydrogen (secondary N) is 2. The van der Waals surface area contributed by atoms with Crippen LogP contribution in [0.4, 0.5) is 11.6 Å². The maximum Gasteiger partial charge on any atom is 0.234 e. The monoisotopic (exact) mass is 344 g/mol. The van der Waals surface area contributed by atoms with Gasteiger partial charge in [-0.1, -0.05) is 0 Å². The zero-order valence-corrected chi connectivity index (χ0v) is 14.4. The van der Waals surface area contributed by atoms with Crippen molar-refractivity contribution in [1.82, 2.24) is 25.1 Å². The summed E-state index contributed by atoms with van der Waals surface area (Å²) in [6.45, 7) is 3.67. The van der Waals surface area contributed by atoms with Crippen molar-refractivity contribution in [3.05, 3.63) is 24.2 Å². The summed E-state index contributed by atoms with van der Waals surface area (Å²) in [5.41, 5.74) is 1.09. The van der Waals surface area contributed by atoms with E-state index in [0.29, 0.717) is 17.6 Å². The minimum absolute atomic E-state index is 0.208. The molecule has 2 aliphatic rings. The van der Waals surface area contributed by atoms with Gasteiger partial charge in [-0.25, -0.2) is 0 Å². The Labute approximate surface area is 146 Å². The lowest BCUT2D eigenvalue weighted by atomic mass is 10.1. The molecule has 2 N–H and O–H groups in total. The van der Waals surface area contributed by atoms with Crippen LogP contribution >= 0.6 is 0 Å². The normalized spacial score (nSPS) is 22.2. The Balaban J connectivity index is 1.38. The van der Waals surface area contributed by atoms with Crippen molar-refractivity contribution in [2.75, 3.05) is 38.7 Å². The number of anilines is 2. The highest BCUT2D eigenvalue weighted by molar-refractivity contribution is 5.51. The Hall–Kier alpha value is -2.19. The summed E-state index contributed by atoms with van der Waals surface area (Å²) < 4.78 is 11.4. The minimum Gasteiger partial charge on any atom is -0.473 e. The highest BCUT2D eigenvalue weighted by atomic mass is 16.5. The zero-order chi connectivity index (χ0) is 17.1. The van der Waals surface area contributed by atoms with Gasteiger partial charge in [-0.3, -0.25) is 10.1 Å². The molecule has 0 amide bonds. The largest absolute Gasteiger partial charge is 0.473 e. The fourth-order valence-corrected chi connectivity index (χ4v) is 3.26. The number of aromatic amines is 1. The molecule has 0 radical (unpaired) electrons. The van der Waals surface area contributed by atoms with E-state index in [1.165, 1.54) is 0 Å². The second-order valence-corrected chi connectivity index (χ2v) is 6.76. The third-order valence-corrected chi connectivity index (χ3v) is 4.79. The summed E-state index contributed by atoms with van der Waals surface area (Å²) in [5.74, 6) is 2.31. The topological polar surface area (TPSA) is 88.2 Å². The van der Waals surface area contributed by atoms with Crippen LogP contribution < -0.4 is 10.1 Å². The predicted octanol–water partition coefficient (Wildman–Crippen LogP) is 1.92. The van der Waals surface area contributed by atoms with Gasteiger partial charge >= 0.3 is 0 Å². The molecular formula is C17H24N6O2. The number of ether oxygens (including phenoxy) is 2. The van der Waals surface area contributed by atoms with Gasteiger partial charge < -0.3 is 19.7 Å². The van der Waals surface area contributed by atoms with Gasteiger partial charge in [0.15, 0.2) is 11.6 Å². The quantitative estimate of drug-likeness (QED) is 0.856. The number of hydrogen-bond acceptors (Lipinski definition) is 7. The van der Waals surface area contributed by atoms with E-state index in [4.69, 9.17) is 9.47 Å². The average Bonchev–Trinajstić information content (AvgIpc) is 3.29. The molecule has 4 rings (SSSR count). The lowest BCUT2D eigenvalue weighted by Crippen LogP contribution is -2.35. The van der Waals surface area contributed by atoms with Gasteiger partial charge in [-0.05, 0) is 26.3 Å². The zero-order valence-electron chi connectivity index (χ0n) is 14.4. The van der Waals surface area contributed by atoms with Crippen LogP contribution in [0, 0.1) is 0 Å². The molecule has 8 nitrogen and oxygen atoms in total. The minimum atomic E-state index is 0.208. The second kappa shape index (κ2) is 7.37.